The number of rotatable bonds is 5. The number of anilines is 1. The van der Waals surface area contributed by atoms with Crippen molar-refractivity contribution in [1.82, 2.24) is 9.97 Å². The number of hydrogen-bond donors (Lipinski definition) is 1. The zero-order valence-electron chi connectivity index (χ0n) is 12.1. The number of aromatic nitrogens is 2. The van der Waals surface area contributed by atoms with E-state index in [1.165, 1.54) is 17.8 Å². The largest absolute Gasteiger partial charge is 0.326 e. The van der Waals surface area contributed by atoms with Gasteiger partial charge in [0.1, 0.15) is 10.3 Å². The van der Waals surface area contributed by atoms with Crippen LogP contribution in [0.3, 0.4) is 0 Å². The molecular formula is C15H15Cl2N3OS. The van der Waals surface area contributed by atoms with Crippen molar-refractivity contribution in [3.63, 3.8) is 0 Å². The van der Waals surface area contributed by atoms with Gasteiger partial charge < -0.3 is 5.32 Å². The van der Waals surface area contributed by atoms with E-state index < -0.39 is 0 Å². The summed E-state index contributed by atoms with van der Waals surface area (Å²) in [5.74, 6) is 0.0175. The molecule has 0 aliphatic rings. The summed E-state index contributed by atoms with van der Waals surface area (Å²) in [5, 5.41) is 3.97. The molecule has 1 amide bonds. The Kier molecular flexibility index (Phi) is 6.06. The summed E-state index contributed by atoms with van der Waals surface area (Å²) in [6, 6.07) is 8.94. The van der Waals surface area contributed by atoms with Gasteiger partial charge in [-0.15, -0.1) is 0 Å². The lowest BCUT2D eigenvalue weighted by molar-refractivity contribution is -0.119. The fourth-order valence-corrected chi connectivity index (χ4v) is 2.87. The van der Waals surface area contributed by atoms with Gasteiger partial charge in [-0.05, 0) is 42.4 Å². The van der Waals surface area contributed by atoms with Gasteiger partial charge >= 0.3 is 0 Å². The molecule has 1 heterocycles. The van der Waals surface area contributed by atoms with E-state index in [-0.39, 0.29) is 11.8 Å². The number of benzene rings is 1. The average molecular weight is 356 g/mol. The molecule has 22 heavy (non-hydrogen) atoms. The van der Waals surface area contributed by atoms with Crippen LogP contribution in [0.5, 0.6) is 0 Å². The Bertz CT molecular complexity index is 644. The highest BCUT2D eigenvalue weighted by Crippen LogP contribution is 2.28. The van der Waals surface area contributed by atoms with Crippen molar-refractivity contribution in [2.24, 2.45) is 5.92 Å². The highest BCUT2D eigenvalue weighted by Gasteiger charge is 2.10. The number of hydrogen-bond acceptors (Lipinski definition) is 4. The molecular weight excluding hydrogens is 341 g/mol. The summed E-state index contributed by atoms with van der Waals surface area (Å²) in [6.45, 7) is 3.89. The van der Waals surface area contributed by atoms with Crippen molar-refractivity contribution in [2.75, 3.05) is 5.32 Å². The molecule has 1 aromatic heterocycles. The van der Waals surface area contributed by atoms with E-state index in [0.29, 0.717) is 15.5 Å². The Hall–Kier alpha value is -1.30. The lowest BCUT2D eigenvalue weighted by Gasteiger charge is -2.10. The molecule has 116 valence electrons. The topological polar surface area (TPSA) is 54.9 Å². The van der Waals surface area contributed by atoms with Crippen LogP contribution >= 0.6 is 35.0 Å². The number of carbonyl (C=O) groups is 1. The molecule has 2 aromatic rings. The number of nitrogens with one attached hydrogen (secondary N) is 1. The van der Waals surface area contributed by atoms with Crippen molar-refractivity contribution < 1.29 is 4.79 Å². The molecule has 0 saturated heterocycles. The highest BCUT2D eigenvalue weighted by molar-refractivity contribution is 7.99. The molecule has 1 aromatic carbocycles. The molecule has 0 aliphatic carbocycles. The van der Waals surface area contributed by atoms with Gasteiger partial charge in [-0.25, -0.2) is 9.97 Å². The first kappa shape index (κ1) is 17.1. The zero-order valence-corrected chi connectivity index (χ0v) is 14.5. The smallest absolute Gasteiger partial charge is 0.227 e. The Morgan fingerprint density at radius 1 is 1.23 bits per heavy atom. The molecule has 1 atom stereocenters. The van der Waals surface area contributed by atoms with E-state index in [9.17, 15) is 4.79 Å². The van der Waals surface area contributed by atoms with Gasteiger partial charge in [0.15, 0.2) is 5.16 Å². The van der Waals surface area contributed by atoms with Crippen LogP contribution in [0.1, 0.15) is 20.3 Å². The van der Waals surface area contributed by atoms with Crippen LogP contribution < -0.4 is 5.32 Å². The van der Waals surface area contributed by atoms with Crippen LogP contribution in [0, 0.1) is 5.92 Å². The van der Waals surface area contributed by atoms with Gasteiger partial charge in [-0.3, -0.25) is 4.79 Å². The zero-order chi connectivity index (χ0) is 16.1. The maximum absolute atomic E-state index is 11.8. The van der Waals surface area contributed by atoms with Gasteiger partial charge in [0, 0.05) is 22.6 Å². The van der Waals surface area contributed by atoms with Crippen molar-refractivity contribution in [1.29, 1.82) is 0 Å². The summed E-state index contributed by atoms with van der Waals surface area (Å²) in [4.78, 5) is 21.0. The third-order valence-corrected chi connectivity index (χ3v) is 4.29. The Morgan fingerprint density at radius 3 is 2.36 bits per heavy atom. The number of amides is 1. The van der Waals surface area contributed by atoms with E-state index in [0.717, 1.165) is 17.0 Å². The molecule has 1 N–H and O–H groups in total. The quantitative estimate of drug-likeness (QED) is 0.610. The average Bonchev–Trinajstić information content (AvgIpc) is 2.47. The molecule has 1 unspecified atom stereocenters. The van der Waals surface area contributed by atoms with Gasteiger partial charge in [-0.2, -0.15) is 0 Å². The van der Waals surface area contributed by atoms with Gasteiger partial charge in [-0.1, -0.05) is 37.0 Å². The third kappa shape index (κ3) is 4.87. The van der Waals surface area contributed by atoms with E-state index in [1.807, 2.05) is 38.1 Å². The van der Waals surface area contributed by atoms with E-state index in [2.05, 4.69) is 15.3 Å². The van der Waals surface area contributed by atoms with E-state index >= 15 is 0 Å². The number of nitrogens with zero attached hydrogens (tertiary/aromatic N) is 2. The van der Waals surface area contributed by atoms with Gasteiger partial charge in [0.25, 0.3) is 0 Å². The normalized spacial score (nSPS) is 12.0. The predicted molar refractivity (Wildman–Crippen MR) is 90.7 cm³/mol. The first-order valence-electron chi connectivity index (χ1n) is 6.76. The minimum absolute atomic E-state index is 0.00365. The Labute approximate surface area is 143 Å². The summed E-state index contributed by atoms with van der Waals surface area (Å²) in [6.07, 6.45) is 0.812. The van der Waals surface area contributed by atoms with Crippen LogP contribution in [-0.4, -0.2) is 15.9 Å². The lowest BCUT2D eigenvalue weighted by Crippen LogP contribution is -2.19. The Balaban J connectivity index is 2.04. The standard InChI is InChI=1S/C15H15Cl2N3OS/c1-3-9(2)14(21)18-10-4-6-11(7-5-10)22-15-19-12(16)8-13(17)20-15/h4-9H,3H2,1-2H3,(H,18,21). The molecule has 0 saturated carbocycles. The molecule has 2 rings (SSSR count). The lowest BCUT2D eigenvalue weighted by atomic mass is 10.1. The van der Waals surface area contributed by atoms with Gasteiger partial charge in [0.05, 0.1) is 0 Å². The van der Waals surface area contributed by atoms with Crippen LogP contribution in [0.2, 0.25) is 10.3 Å². The van der Waals surface area contributed by atoms with Crippen LogP contribution in [0.4, 0.5) is 5.69 Å². The van der Waals surface area contributed by atoms with E-state index in [1.54, 1.807) is 0 Å². The molecule has 7 heteroatoms. The number of halogens is 2. The molecule has 0 aliphatic heterocycles. The first-order chi connectivity index (χ1) is 10.5. The first-order valence-corrected chi connectivity index (χ1v) is 8.34. The second-order valence-electron chi connectivity index (χ2n) is 4.72. The summed E-state index contributed by atoms with van der Waals surface area (Å²) >= 11 is 13.0. The summed E-state index contributed by atoms with van der Waals surface area (Å²) in [7, 11) is 0. The molecule has 0 radical (unpaired) electrons. The summed E-state index contributed by atoms with van der Waals surface area (Å²) in [5.41, 5.74) is 0.764. The van der Waals surface area contributed by atoms with Crippen molar-refractivity contribution in [3.8, 4) is 0 Å². The molecule has 4 nitrogen and oxygen atoms in total. The molecule has 0 bridgehead atoms. The predicted octanol–water partition coefficient (Wildman–Crippen LogP) is 4.92. The highest BCUT2D eigenvalue weighted by atomic mass is 35.5. The van der Waals surface area contributed by atoms with Crippen molar-refractivity contribution in [3.05, 3.63) is 40.6 Å². The van der Waals surface area contributed by atoms with Crippen molar-refractivity contribution >= 4 is 46.6 Å². The maximum Gasteiger partial charge on any atom is 0.227 e. The summed E-state index contributed by atoms with van der Waals surface area (Å²) < 4.78 is 0. The minimum Gasteiger partial charge on any atom is -0.326 e. The second kappa shape index (κ2) is 7.81. The van der Waals surface area contributed by atoms with Crippen molar-refractivity contribution in [2.45, 2.75) is 30.3 Å². The third-order valence-electron chi connectivity index (χ3n) is 3.03. The van der Waals surface area contributed by atoms with Crippen LogP contribution in [0.25, 0.3) is 0 Å². The number of carbonyl (C=O) groups excluding carboxylic acids is 1. The second-order valence-corrected chi connectivity index (χ2v) is 6.54. The Morgan fingerprint density at radius 2 is 1.82 bits per heavy atom. The fraction of sp³-hybridized carbons (Fsp3) is 0.267. The maximum atomic E-state index is 11.8. The van der Waals surface area contributed by atoms with Crippen LogP contribution in [0.15, 0.2) is 40.4 Å². The molecule has 0 fully saturated rings. The van der Waals surface area contributed by atoms with Crippen LogP contribution in [-0.2, 0) is 4.79 Å². The monoisotopic (exact) mass is 355 g/mol. The minimum atomic E-state index is -0.00365. The van der Waals surface area contributed by atoms with Gasteiger partial charge in [0.2, 0.25) is 5.91 Å². The molecule has 0 spiro atoms. The van der Waals surface area contributed by atoms with E-state index in [4.69, 9.17) is 23.2 Å². The SMILES string of the molecule is CCC(C)C(=O)Nc1ccc(Sc2nc(Cl)cc(Cl)n2)cc1. The fourth-order valence-electron chi connectivity index (χ4n) is 1.58.